The Balaban J connectivity index is 2.14. The molecule has 0 saturated heterocycles. The summed E-state index contributed by atoms with van der Waals surface area (Å²) in [7, 11) is 0. The van der Waals surface area contributed by atoms with Gasteiger partial charge in [0.25, 0.3) is 0 Å². The second-order valence-corrected chi connectivity index (χ2v) is 3.91. The molecule has 3 N–H and O–H groups in total. The van der Waals surface area contributed by atoms with Crippen LogP contribution in [0.5, 0.6) is 0 Å². The zero-order valence-electron chi connectivity index (χ0n) is 8.56. The number of rotatable bonds is 3. The predicted octanol–water partition coefficient (Wildman–Crippen LogP) is 0.512. The van der Waals surface area contributed by atoms with Crippen molar-refractivity contribution in [1.82, 2.24) is 19.9 Å². The van der Waals surface area contributed by atoms with Gasteiger partial charge in [0.15, 0.2) is 5.84 Å². The van der Waals surface area contributed by atoms with E-state index in [4.69, 9.17) is 10.9 Å². The topological polar surface area (TPSA) is 110 Å². The SMILES string of the molecule is NC(=NO)c1cnc(Sc2cnccn2)cn1. The van der Waals surface area contributed by atoms with Crippen molar-refractivity contribution in [2.24, 2.45) is 10.9 Å². The molecule has 0 aliphatic carbocycles. The summed E-state index contributed by atoms with van der Waals surface area (Å²) in [6.45, 7) is 0. The van der Waals surface area contributed by atoms with Gasteiger partial charge < -0.3 is 10.9 Å². The molecule has 7 nitrogen and oxygen atoms in total. The lowest BCUT2D eigenvalue weighted by atomic mass is 10.4. The third-order valence-corrected chi connectivity index (χ3v) is 2.59. The molecule has 0 aliphatic heterocycles. The van der Waals surface area contributed by atoms with Crippen LogP contribution in [0.3, 0.4) is 0 Å². The first-order chi connectivity index (χ1) is 8.29. The summed E-state index contributed by atoms with van der Waals surface area (Å²) in [5, 5.41) is 12.7. The zero-order valence-corrected chi connectivity index (χ0v) is 9.37. The molecule has 0 atom stereocenters. The number of hydrogen-bond acceptors (Lipinski definition) is 7. The summed E-state index contributed by atoms with van der Waals surface area (Å²) in [4.78, 5) is 16.1. The van der Waals surface area contributed by atoms with Gasteiger partial charge in [0.2, 0.25) is 0 Å². The van der Waals surface area contributed by atoms with E-state index in [-0.39, 0.29) is 5.84 Å². The molecule has 86 valence electrons. The van der Waals surface area contributed by atoms with Crippen molar-refractivity contribution in [3.63, 3.8) is 0 Å². The van der Waals surface area contributed by atoms with Gasteiger partial charge in [-0.2, -0.15) is 0 Å². The maximum absolute atomic E-state index is 8.46. The fourth-order valence-electron chi connectivity index (χ4n) is 0.998. The molecular formula is C9H8N6OS. The highest BCUT2D eigenvalue weighted by Crippen LogP contribution is 2.21. The van der Waals surface area contributed by atoms with Crippen LogP contribution < -0.4 is 5.73 Å². The van der Waals surface area contributed by atoms with E-state index in [0.29, 0.717) is 10.7 Å². The number of amidine groups is 1. The van der Waals surface area contributed by atoms with Gasteiger partial charge in [-0.1, -0.05) is 5.16 Å². The Kier molecular flexibility index (Phi) is 3.46. The molecule has 0 unspecified atom stereocenters. The van der Waals surface area contributed by atoms with E-state index in [1.165, 1.54) is 24.2 Å². The second-order valence-electron chi connectivity index (χ2n) is 2.87. The number of hydrogen-bond donors (Lipinski definition) is 2. The first kappa shape index (κ1) is 11.3. The summed E-state index contributed by atoms with van der Waals surface area (Å²) in [5.41, 5.74) is 5.68. The lowest BCUT2D eigenvalue weighted by Crippen LogP contribution is -2.15. The zero-order chi connectivity index (χ0) is 12.1. The van der Waals surface area contributed by atoms with E-state index in [1.807, 2.05) is 0 Å². The molecule has 8 heteroatoms. The average molecular weight is 248 g/mol. The summed E-state index contributed by atoms with van der Waals surface area (Å²) >= 11 is 1.33. The van der Waals surface area contributed by atoms with E-state index in [1.54, 1.807) is 18.6 Å². The van der Waals surface area contributed by atoms with Crippen LogP contribution in [0.25, 0.3) is 0 Å². The lowest BCUT2D eigenvalue weighted by Gasteiger charge is -2.00. The minimum absolute atomic E-state index is 0.0754. The second kappa shape index (κ2) is 5.21. The Morgan fingerprint density at radius 3 is 2.53 bits per heavy atom. The first-order valence-electron chi connectivity index (χ1n) is 4.53. The van der Waals surface area contributed by atoms with Crippen molar-refractivity contribution in [3.05, 3.63) is 36.7 Å². The number of aromatic nitrogens is 4. The van der Waals surface area contributed by atoms with Crippen molar-refractivity contribution in [2.45, 2.75) is 10.1 Å². The molecule has 0 spiro atoms. The highest BCUT2D eigenvalue weighted by Gasteiger charge is 2.04. The van der Waals surface area contributed by atoms with Gasteiger partial charge in [0.05, 0.1) is 18.6 Å². The van der Waals surface area contributed by atoms with Gasteiger partial charge in [-0.3, -0.25) is 4.98 Å². The number of oxime groups is 1. The standard InChI is InChI=1S/C9H8N6OS/c10-9(15-16)6-3-14-8(5-13-6)17-7-4-11-1-2-12-7/h1-5,16H,(H2,10,15). The maximum Gasteiger partial charge on any atom is 0.190 e. The number of nitrogens with two attached hydrogens (primary N) is 1. The molecule has 0 radical (unpaired) electrons. The average Bonchev–Trinajstić information content (AvgIpc) is 2.40. The highest BCUT2D eigenvalue weighted by molar-refractivity contribution is 7.99. The van der Waals surface area contributed by atoms with Crippen molar-refractivity contribution >= 4 is 17.6 Å². The van der Waals surface area contributed by atoms with Crippen LogP contribution in [-0.4, -0.2) is 31.0 Å². The summed E-state index contributed by atoms with van der Waals surface area (Å²) < 4.78 is 0. The molecule has 2 aromatic heterocycles. The van der Waals surface area contributed by atoms with Crippen LogP contribution in [0.15, 0.2) is 46.2 Å². The third-order valence-electron chi connectivity index (χ3n) is 1.75. The lowest BCUT2D eigenvalue weighted by molar-refractivity contribution is 0.318. The van der Waals surface area contributed by atoms with Crippen molar-refractivity contribution in [2.75, 3.05) is 0 Å². The Morgan fingerprint density at radius 1 is 1.12 bits per heavy atom. The smallest absolute Gasteiger partial charge is 0.190 e. The van der Waals surface area contributed by atoms with E-state index >= 15 is 0 Å². The molecule has 17 heavy (non-hydrogen) atoms. The normalized spacial score (nSPS) is 11.4. The van der Waals surface area contributed by atoms with E-state index in [0.717, 1.165) is 5.03 Å². The molecule has 0 amide bonds. The van der Waals surface area contributed by atoms with E-state index in [2.05, 4.69) is 25.1 Å². The Hall–Kier alpha value is -2.22. The molecule has 0 fully saturated rings. The fraction of sp³-hybridized carbons (Fsp3) is 0. The first-order valence-corrected chi connectivity index (χ1v) is 5.35. The van der Waals surface area contributed by atoms with Crippen molar-refractivity contribution in [1.29, 1.82) is 0 Å². The van der Waals surface area contributed by atoms with E-state index in [9.17, 15) is 0 Å². The Morgan fingerprint density at radius 2 is 1.94 bits per heavy atom. The quantitative estimate of drug-likeness (QED) is 0.352. The van der Waals surface area contributed by atoms with Gasteiger partial charge >= 0.3 is 0 Å². The summed E-state index contributed by atoms with van der Waals surface area (Å²) in [6.07, 6.45) is 7.77. The predicted molar refractivity (Wildman–Crippen MR) is 60.7 cm³/mol. The van der Waals surface area contributed by atoms with Gasteiger partial charge in [0, 0.05) is 12.4 Å². The van der Waals surface area contributed by atoms with Crippen molar-refractivity contribution in [3.8, 4) is 0 Å². The summed E-state index contributed by atoms with van der Waals surface area (Å²) in [6, 6.07) is 0. The van der Waals surface area contributed by atoms with Crippen LogP contribution in [-0.2, 0) is 0 Å². The van der Waals surface area contributed by atoms with Crippen LogP contribution in [0, 0.1) is 0 Å². The van der Waals surface area contributed by atoms with Crippen molar-refractivity contribution < 1.29 is 5.21 Å². The number of nitrogens with zero attached hydrogens (tertiary/aromatic N) is 5. The molecule has 0 bridgehead atoms. The molecule has 2 aromatic rings. The highest BCUT2D eigenvalue weighted by atomic mass is 32.2. The molecule has 2 heterocycles. The maximum atomic E-state index is 8.46. The Labute approximate surface area is 101 Å². The van der Waals surface area contributed by atoms with E-state index < -0.39 is 0 Å². The fourth-order valence-corrected chi connectivity index (χ4v) is 1.65. The molecular weight excluding hydrogens is 240 g/mol. The van der Waals surface area contributed by atoms with Gasteiger partial charge in [0.1, 0.15) is 15.7 Å². The molecule has 0 saturated carbocycles. The molecule has 0 aliphatic rings. The monoisotopic (exact) mass is 248 g/mol. The van der Waals surface area contributed by atoms with Gasteiger partial charge in [-0.15, -0.1) is 0 Å². The van der Waals surface area contributed by atoms with Gasteiger partial charge in [-0.05, 0) is 11.8 Å². The van der Waals surface area contributed by atoms with Crippen LogP contribution in [0.2, 0.25) is 0 Å². The minimum atomic E-state index is -0.0754. The van der Waals surface area contributed by atoms with Crippen LogP contribution >= 0.6 is 11.8 Å². The van der Waals surface area contributed by atoms with Gasteiger partial charge in [-0.25, -0.2) is 15.0 Å². The minimum Gasteiger partial charge on any atom is -0.409 e. The van der Waals surface area contributed by atoms with Crippen LogP contribution in [0.1, 0.15) is 5.69 Å². The molecule has 2 rings (SSSR count). The third kappa shape index (κ3) is 2.88. The molecule has 0 aromatic carbocycles. The van der Waals surface area contributed by atoms with Crippen LogP contribution in [0.4, 0.5) is 0 Å². The Bertz CT molecular complexity index is 515. The summed E-state index contributed by atoms with van der Waals surface area (Å²) in [5.74, 6) is -0.0754. The largest absolute Gasteiger partial charge is 0.409 e.